The van der Waals surface area contributed by atoms with Gasteiger partial charge in [-0.2, -0.15) is 0 Å². The molecule has 28 heavy (non-hydrogen) atoms. The Morgan fingerprint density at radius 1 is 1.04 bits per heavy atom. The molecule has 0 aromatic heterocycles. The summed E-state index contributed by atoms with van der Waals surface area (Å²) >= 11 is 6.46. The lowest BCUT2D eigenvalue weighted by molar-refractivity contribution is 0.0938. The number of hydrogen-bond donors (Lipinski definition) is 2. The first kappa shape index (κ1) is 24.5. The molecule has 0 amide bonds. The molecule has 2 N–H and O–H groups in total. The van der Waals surface area contributed by atoms with Crippen molar-refractivity contribution in [1.82, 2.24) is 5.32 Å². The lowest BCUT2D eigenvalue weighted by Gasteiger charge is -2.16. The highest BCUT2D eigenvalue weighted by Gasteiger charge is 2.13. The van der Waals surface area contributed by atoms with E-state index in [4.69, 9.17) is 30.9 Å². The molecule has 7 heteroatoms. The van der Waals surface area contributed by atoms with E-state index in [1.807, 2.05) is 31.2 Å². The summed E-state index contributed by atoms with van der Waals surface area (Å²) < 4.78 is 16.9. The number of nitrogens with one attached hydrogen (secondary N) is 1. The van der Waals surface area contributed by atoms with Crippen molar-refractivity contribution in [3.63, 3.8) is 0 Å². The molecule has 0 spiro atoms. The lowest BCUT2D eigenvalue weighted by atomic mass is 10.1. The summed E-state index contributed by atoms with van der Waals surface area (Å²) in [6.07, 6.45) is 0. The Bertz CT molecular complexity index is 696. The standard InChI is InChI=1S/C21H28ClNO4.ClH/c1-3-26-20-13-18(14-23-8-10-25-11-9-24)12-19(22)21(20)27-15-17-6-4-16(2)5-7-17;/h4-7,12-13,23-24H,3,8-11,14-15H2,1-2H3;1H. The number of ether oxygens (including phenoxy) is 3. The molecule has 0 aliphatic heterocycles. The molecular weight excluding hydrogens is 401 g/mol. The second-order valence-corrected chi connectivity index (χ2v) is 6.53. The number of rotatable bonds is 12. The molecule has 0 unspecified atom stereocenters. The summed E-state index contributed by atoms with van der Waals surface area (Å²) in [5.41, 5.74) is 3.30. The SMILES string of the molecule is CCOc1cc(CNCCOCCO)cc(Cl)c1OCc1ccc(C)cc1.Cl. The van der Waals surface area contributed by atoms with Gasteiger partial charge in [-0.25, -0.2) is 0 Å². The molecule has 0 radical (unpaired) electrons. The minimum Gasteiger partial charge on any atom is -0.490 e. The van der Waals surface area contributed by atoms with Crippen molar-refractivity contribution in [2.75, 3.05) is 33.0 Å². The summed E-state index contributed by atoms with van der Waals surface area (Å²) in [5.74, 6) is 1.21. The minimum atomic E-state index is 0. The van der Waals surface area contributed by atoms with E-state index >= 15 is 0 Å². The number of hydrogen-bond acceptors (Lipinski definition) is 5. The third-order valence-corrected chi connectivity index (χ3v) is 4.14. The van der Waals surface area contributed by atoms with Gasteiger partial charge in [-0.15, -0.1) is 12.4 Å². The third kappa shape index (κ3) is 8.25. The Balaban J connectivity index is 0.00000392. The van der Waals surface area contributed by atoms with Gasteiger partial charge >= 0.3 is 0 Å². The average molecular weight is 430 g/mol. The Morgan fingerprint density at radius 3 is 2.46 bits per heavy atom. The van der Waals surface area contributed by atoms with Gasteiger partial charge < -0.3 is 24.6 Å². The van der Waals surface area contributed by atoms with E-state index in [0.717, 1.165) is 11.1 Å². The monoisotopic (exact) mass is 429 g/mol. The zero-order valence-corrected chi connectivity index (χ0v) is 17.9. The molecule has 0 saturated heterocycles. The Morgan fingerprint density at radius 2 is 1.79 bits per heavy atom. The van der Waals surface area contributed by atoms with E-state index < -0.39 is 0 Å². The van der Waals surface area contributed by atoms with Crippen LogP contribution in [0.3, 0.4) is 0 Å². The number of halogens is 2. The van der Waals surface area contributed by atoms with Crippen LogP contribution in [0.2, 0.25) is 5.02 Å². The molecule has 2 rings (SSSR count). The maximum atomic E-state index is 8.68. The largest absolute Gasteiger partial charge is 0.490 e. The van der Waals surface area contributed by atoms with Crippen molar-refractivity contribution in [2.24, 2.45) is 0 Å². The molecule has 0 heterocycles. The van der Waals surface area contributed by atoms with Crippen LogP contribution in [0, 0.1) is 6.92 Å². The van der Waals surface area contributed by atoms with Gasteiger partial charge in [0.2, 0.25) is 0 Å². The second kappa shape index (κ2) is 13.6. The van der Waals surface area contributed by atoms with Crippen LogP contribution in [-0.2, 0) is 17.9 Å². The van der Waals surface area contributed by atoms with Gasteiger partial charge in [0.05, 0.1) is 31.5 Å². The molecular formula is C21H29Cl2NO4. The van der Waals surface area contributed by atoms with Crippen molar-refractivity contribution in [3.05, 3.63) is 58.1 Å². The van der Waals surface area contributed by atoms with E-state index in [9.17, 15) is 0 Å². The van der Waals surface area contributed by atoms with Crippen LogP contribution in [0.25, 0.3) is 0 Å². The molecule has 2 aromatic carbocycles. The first-order valence-corrected chi connectivity index (χ1v) is 9.54. The third-order valence-electron chi connectivity index (χ3n) is 3.86. The fourth-order valence-electron chi connectivity index (χ4n) is 2.51. The van der Waals surface area contributed by atoms with Crippen molar-refractivity contribution < 1.29 is 19.3 Å². The van der Waals surface area contributed by atoms with Crippen LogP contribution >= 0.6 is 24.0 Å². The van der Waals surface area contributed by atoms with E-state index in [1.165, 1.54) is 5.56 Å². The number of benzene rings is 2. The zero-order valence-electron chi connectivity index (χ0n) is 16.4. The summed E-state index contributed by atoms with van der Waals surface area (Å²) in [5, 5.41) is 12.5. The highest BCUT2D eigenvalue weighted by molar-refractivity contribution is 6.32. The fraction of sp³-hybridized carbons (Fsp3) is 0.429. The highest BCUT2D eigenvalue weighted by atomic mass is 35.5. The van der Waals surface area contributed by atoms with Crippen molar-refractivity contribution in [3.8, 4) is 11.5 Å². The molecule has 0 fully saturated rings. The fourth-order valence-corrected chi connectivity index (χ4v) is 2.80. The summed E-state index contributed by atoms with van der Waals surface area (Å²) in [6, 6.07) is 12.0. The van der Waals surface area contributed by atoms with Crippen LogP contribution in [-0.4, -0.2) is 38.1 Å². The van der Waals surface area contributed by atoms with Crippen LogP contribution in [0.1, 0.15) is 23.6 Å². The maximum Gasteiger partial charge on any atom is 0.180 e. The van der Waals surface area contributed by atoms with Gasteiger partial charge in [-0.1, -0.05) is 41.4 Å². The summed E-state index contributed by atoms with van der Waals surface area (Å²) in [4.78, 5) is 0. The van der Waals surface area contributed by atoms with E-state index in [2.05, 4.69) is 24.4 Å². The van der Waals surface area contributed by atoms with Crippen LogP contribution in [0.5, 0.6) is 11.5 Å². The molecule has 0 bridgehead atoms. The Hall–Kier alpha value is -1.50. The van der Waals surface area contributed by atoms with Gasteiger partial charge in [0.25, 0.3) is 0 Å². The number of aryl methyl sites for hydroxylation is 1. The van der Waals surface area contributed by atoms with Gasteiger partial charge in [0, 0.05) is 13.1 Å². The van der Waals surface area contributed by atoms with E-state index in [0.29, 0.717) is 56.0 Å². The molecule has 156 valence electrons. The van der Waals surface area contributed by atoms with Crippen molar-refractivity contribution >= 4 is 24.0 Å². The predicted octanol–water partition coefficient (Wildman–Crippen LogP) is 4.15. The molecule has 2 aromatic rings. The quantitative estimate of drug-likeness (QED) is 0.496. The minimum absolute atomic E-state index is 0. The van der Waals surface area contributed by atoms with Gasteiger partial charge in [0.15, 0.2) is 11.5 Å². The highest BCUT2D eigenvalue weighted by Crippen LogP contribution is 2.37. The number of aliphatic hydroxyl groups is 1. The van der Waals surface area contributed by atoms with Gasteiger partial charge in [-0.05, 0) is 37.1 Å². The van der Waals surface area contributed by atoms with Crippen molar-refractivity contribution in [2.45, 2.75) is 27.0 Å². The lowest BCUT2D eigenvalue weighted by Crippen LogP contribution is -2.20. The Kier molecular flexibility index (Phi) is 12.0. The molecule has 0 saturated carbocycles. The van der Waals surface area contributed by atoms with Crippen molar-refractivity contribution in [1.29, 1.82) is 0 Å². The average Bonchev–Trinajstić information content (AvgIpc) is 2.65. The predicted molar refractivity (Wildman–Crippen MR) is 115 cm³/mol. The molecule has 0 aliphatic rings. The first-order chi connectivity index (χ1) is 13.1. The molecule has 0 aliphatic carbocycles. The molecule has 5 nitrogen and oxygen atoms in total. The van der Waals surface area contributed by atoms with Crippen LogP contribution in [0.15, 0.2) is 36.4 Å². The van der Waals surface area contributed by atoms with Gasteiger partial charge in [-0.3, -0.25) is 0 Å². The topological polar surface area (TPSA) is 60.0 Å². The van der Waals surface area contributed by atoms with Gasteiger partial charge in [0.1, 0.15) is 6.61 Å². The second-order valence-electron chi connectivity index (χ2n) is 6.12. The zero-order chi connectivity index (χ0) is 19.5. The first-order valence-electron chi connectivity index (χ1n) is 9.17. The number of aliphatic hydroxyl groups excluding tert-OH is 1. The van der Waals surface area contributed by atoms with E-state index in [-0.39, 0.29) is 19.0 Å². The van der Waals surface area contributed by atoms with Crippen LogP contribution < -0.4 is 14.8 Å². The van der Waals surface area contributed by atoms with E-state index in [1.54, 1.807) is 0 Å². The molecule has 0 atom stereocenters. The smallest absolute Gasteiger partial charge is 0.180 e. The Labute approximate surface area is 178 Å². The van der Waals surface area contributed by atoms with Crippen LogP contribution in [0.4, 0.5) is 0 Å². The summed E-state index contributed by atoms with van der Waals surface area (Å²) in [7, 11) is 0. The maximum absolute atomic E-state index is 8.68. The normalized spacial score (nSPS) is 10.4. The summed E-state index contributed by atoms with van der Waals surface area (Å²) in [6.45, 7) is 7.22.